The van der Waals surface area contributed by atoms with Crippen molar-refractivity contribution in [3.05, 3.63) is 59.0 Å². The van der Waals surface area contributed by atoms with E-state index in [1.165, 1.54) is 0 Å². The Labute approximate surface area is 101 Å². The molecule has 4 nitrogen and oxygen atoms in total. The van der Waals surface area contributed by atoms with Crippen LogP contribution in [-0.4, -0.2) is 14.6 Å². The van der Waals surface area contributed by atoms with Gasteiger partial charge in [-0.15, -0.1) is 0 Å². The number of fused-ring (bicyclic) bond motifs is 6. The Morgan fingerprint density at radius 2 is 1.56 bits per heavy atom. The molecule has 0 atom stereocenters. The summed E-state index contributed by atoms with van der Waals surface area (Å²) in [6.07, 6.45) is 0. The molecule has 0 aliphatic carbocycles. The number of nitrogens with one attached hydrogen (secondary N) is 1. The average Bonchev–Trinajstić information content (AvgIpc) is 2.82. The summed E-state index contributed by atoms with van der Waals surface area (Å²) in [5, 5.41) is 9.79. The lowest BCUT2D eigenvalue weighted by atomic mass is 10.1. The summed E-state index contributed by atoms with van der Waals surface area (Å²) in [6.45, 7) is 0. The number of aromatic nitrogens is 3. The summed E-state index contributed by atoms with van der Waals surface area (Å²) in [7, 11) is 0. The van der Waals surface area contributed by atoms with Crippen molar-refractivity contribution in [2.75, 3.05) is 0 Å². The molecule has 0 fully saturated rings. The van der Waals surface area contributed by atoms with Gasteiger partial charge in [-0.1, -0.05) is 42.5 Å². The van der Waals surface area contributed by atoms with Crippen LogP contribution < -0.4 is 5.69 Å². The van der Waals surface area contributed by atoms with E-state index in [9.17, 15) is 4.79 Å². The SMILES string of the molecule is O=c1[nH]nc2c3ccccc3c3ccccc3n12. The number of pyridine rings is 1. The van der Waals surface area contributed by atoms with Crippen molar-refractivity contribution in [3.8, 4) is 0 Å². The average molecular weight is 235 g/mol. The molecule has 2 aromatic carbocycles. The lowest BCUT2D eigenvalue weighted by Crippen LogP contribution is -2.10. The fourth-order valence-corrected chi connectivity index (χ4v) is 2.51. The maximum atomic E-state index is 11.9. The van der Waals surface area contributed by atoms with Crippen LogP contribution in [-0.2, 0) is 0 Å². The first-order chi connectivity index (χ1) is 8.86. The third-order valence-corrected chi connectivity index (χ3v) is 3.28. The molecule has 0 bridgehead atoms. The highest BCUT2D eigenvalue weighted by Crippen LogP contribution is 2.26. The molecule has 1 N–H and O–H groups in total. The molecule has 0 amide bonds. The van der Waals surface area contributed by atoms with Crippen molar-refractivity contribution in [2.24, 2.45) is 0 Å². The van der Waals surface area contributed by atoms with Crippen LogP contribution in [0.1, 0.15) is 0 Å². The van der Waals surface area contributed by atoms with Crippen molar-refractivity contribution >= 4 is 27.3 Å². The first-order valence-corrected chi connectivity index (χ1v) is 5.73. The van der Waals surface area contributed by atoms with Gasteiger partial charge in [0.2, 0.25) is 0 Å². The Bertz CT molecular complexity index is 949. The van der Waals surface area contributed by atoms with Gasteiger partial charge < -0.3 is 0 Å². The summed E-state index contributed by atoms with van der Waals surface area (Å²) in [5.41, 5.74) is 1.35. The highest BCUT2D eigenvalue weighted by Gasteiger charge is 2.10. The quantitative estimate of drug-likeness (QED) is 0.475. The van der Waals surface area contributed by atoms with Crippen molar-refractivity contribution in [1.29, 1.82) is 0 Å². The second-order valence-corrected chi connectivity index (χ2v) is 4.25. The van der Waals surface area contributed by atoms with Gasteiger partial charge in [-0.05, 0) is 11.5 Å². The number of benzene rings is 2. The molecule has 0 saturated carbocycles. The Balaban J connectivity index is 2.52. The topological polar surface area (TPSA) is 50.2 Å². The minimum absolute atomic E-state index is 0.202. The molecule has 4 rings (SSSR count). The summed E-state index contributed by atoms with van der Waals surface area (Å²) < 4.78 is 1.62. The zero-order chi connectivity index (χ0) is 12.1. The minimum atomic E-state index is -0.202. The lowest BCUT2D eigenvalue weighted by Gasteiger charge is -2.05. The van der Waals surface area contributed by atoms with Gasteiger partial charge >= 0.3 is 5.69 Å². The minimum Gasteiger partial charge on any atom is -0.246 e. The van der Waals surface area contributed by atoms with Gasteiger partial charge in [0.1, 0.15) is 0 Å². The summed E-state index contributed by atoms with van der Waals surface area (Å²) in [4.78, 5) is 11.9. The molecule has 0 aliphatic heterocycles. The van der Waals surface area contributed by atoms with Crippen LogP contribution in [0.25, 0.3) is 27.3 Å². The first-order valence-electron chi connectivity index (χ1n) is 5.73. The maximum absolute atomic E-state index is 11.9. The summed E-state index contributed by atoms with van der Waals surface area (Å²) >= 11 is 0. The van der Waals surface area contributed by atoms with E-state index in [0.29, 0.717) is 5.65 Å². The normalized spacial score (nSPS) is 11.6. The van der Waals surface area contributed by atoms with Gasteiger partial charge in [-0.2, -0.15) is 5.10 Å². The Morgan fingerprint density at radius 3 is 2.39 bits per heavy atom. The molecule has 0 spiro atoms. The van der Waals surface area contributed by atoms with Crippen LogP contribution in [0.4, 0.5) is 0 Å². The van der Waals surface area contributed by atoms with Crippen LogP contribution in [0.3, 0.4) is 0 Å². The molecule has 2 heterocycles. The van der Waals surface area contributed by atoms with Crippen LogP contribution in [0, 0.1) is 0 Å². The Kier molecular flexibility index (Phi) is 1.67. The summed E-state index contributed by atoms with van der Waals surface area (Å²) in [5.74, 6) is 0. The first kappa shape index (κ1) is 9.41. The van der Waals surface area contributed by atoms with E-state index >= 15 is 0 Å². The molecule has 0 radical (unpaired) electrons. The fraction of sp³-hybridized carbons (Fsp3) is 0. The van der Waals surface area contributed by atoms with Gasteiger partial charge in [0.05, 0.1) is 5.52 Å². The van der Waals surface area contributed by atoms with Crippen molar-refractivity contribution in [1.82, 2.24) is 14.6 Å². The predicted octanol–water partition coefficient (Wildman–Crippen LogP) is 2.33. The van der Waals surface area contributed by atoms with E-state index in [1.807, 2.05) is 42.5 Å². The molecule has 4 heteroatoms. The number of hydrogen-bond acceptors (Lipinski definition) is 2. The number of nitrogens with zero attached hydrogens (tertiary/aromatic N) is 2. The third-order valence-electron chi connectivity index (χ3n) is 3.28. The number of rotatable bonds is 0. The van der Waals surface area contributed by atoms with E-state index < -0.39 is 0 Å². The van der Waals surface area contributed by atoms with Gasteiger partial charge in [-0.3, -0.25) is 0 Å². The largest absolute Gasteiger partial charge is 0.348 e. The van der Waals surface area contributed by atoms with E-state index in [1.54, 1.807) is 4.40 Å². The maximum Gasteiger partial charge on any atom is 0.348 e. The fourth-order valence-electron chi connectivity index (χ4n) is 2.51. The number of H-pyrrole nitrogens is 1. The molecule has 86 valence electrons. The highest BCUT2D eigenvalue weighted by molar-refractivity contribution is 6.11. The van der Waals surface area contributed by atoms with E-state index in [4.69, 9.17) is 0 Å². The number of para-hydroxylation sites is 1. The molecule has 2 aromatic heterocycles. The van der Waals surface area contributed by atoms with Gasteiger partial charge in [0.15, 0.2) is 5.65 Å². The second kappa shape index (κ2) is 3.20. The summed E-state index contributed by atoms with van der Waals surface area (Å²) in [6, 6.07) is 15.9. The predicted molar refractivity (Wildman–Crippen MR) is 70.8 cm³/mol. The van der Waals surface area contributed by atoms with Crippen molar-refractivity contribution in [3.63, 3.8) is 0 Å². The number of hydrogen-bond donors (Lipinski definition) is 1. The Hall–Kier alpha value is -2.62. The van der Waals surface area contributed by atoms with Crippen molar-refractivity contribution < 1.29 is 0 Å². The molecule has 0 unspecified atom stereocenters. The Morgan fingerprint density at radius 1 is 0.889 bits per heavy atom. The lowest BCUT2D eigenvalue weighted by molar-refractivity contribution is 1.04. The molecular formula is C14H9N3O. The molecule has 4 aromatic rings. The zero-order valence-electron chi connectivity index (χ0n) is 9.42. The molecule has 0 aliphatic rings. The third kappa shape index (κ3) is 1.04. The highest BCUT2D eigenvalue weighted by atomic mass is 16.1. The standard InChI is InChI=1S/C14H9N3O/c18-14-16-15-13-11-7-2-1-5-9(11)10-6-3-4-8-12(10)17(13)14/h1-8H,(H,16,18). The zero-order valence-corrected chi connectivity index (χ0v) is 9.42. The number of aromatic amines is 1. The molecule has 0 saturated heterocycles. The van der Waals surface area contributed by atoms with Crippen LogP contribution >= 0.6 is 0 Å². The van der Waals surface area contributed by atoms with Gasteiger partial charge in [0.25, 0.3) is 0 Å². The molecule has 18 heavy (non-hydrogen) atoms. The van der Waals surface area contributed by atoms with Gasteiger partial charge in [-0.25, -0.2) is 14.3 Å². The van der Waals surface area contributed by atoms with Crippen LogP contribution in [0.2, 0.25) is 0 Å². The van der Waals surface area contributed by atoms with Crippen LogP contribution in [0.5, 0.6) is 0 Å². The van der Waals surface area contributed by atoms with Crippen molar-refractivity contribution in [2.45, 2.75) is 0 Å². The molecular weight excluding hydrogens is 226 g/mol. The van der Waals surface area contributed by atoms with E-state index in [-0.39, 0.29) is 5.69 Å². The second-order valence-electron chi connectivity index (χ2n) is 4.25. The van der Waals surface area contributed by atoms with E-state index in [0.717, 1.165) is 21.7 Å². The van der Waals surface area contributed by atoms with Crippen LogP contribution in [0.15, 0.2) is 53.3 Å². The van der Waals surface area contributed by atoms with E-state index in [2.05, 4.69) is 16.3 Å². The smallest absolute Gasteiger partial charge is 0.246 e. The monoisotopic (exact) mass is 235 g/mol. The van der Waals surface area contributed by atoms with Gasteiger partial charge in [0, 0.05) is 10.8 Å².